The standard InChI is InChI=1S/C28H26Br2O4/c1-2-3-12-25-21(20-11-7-8-13-24(20)33-25)14-19-15-22(29)27(23(30)16-19)34-26(28(31)32)17-18-9-5-4-6-10-18/h4-11,13,15-16,26H,2-3,12,14,17H2,1H3,(H,31,32)/t26-/m1/s1. The number of hydrogen-bond acceptors (Lipinski definition) is 3. The van der Waals surface area contributed by atoms with Gasteiger partial charge in [-0.3, -0.25) is 0 Å². The Bertz CT molecular complexity index is 1260. The smallest absolute Gasteiger partial charge is 0.345 e. The van der Waals surface area contributed by atoms with Crippen molar-refractivity contribution in [3.63, 3.8) is 0 Å². The number of carbonyl (C=O) groups is 1. The van der Waals surface area contributed by atoms with Crippen molar-refractivity contribution in [2.24, 2.45) is 0 Å². The Hall–Kier alpha value is -2.57. The number of ether oxygens (including phenoxy) is 1. The van der Waals surface area contributed by atoms with Crippen LogP contribution in [0.3, 0.4) is 0 Å². The molecular weight excluding hydrogens is 560 g/mol. The van der Waals surface area contributed by atoms with Gasteiger partial charge >= 0.3 is 5.97 Å². The molecule has 0 amide bonds. The first kappa shape index (κ1) is 24.6. The van der Waals surface area contributed by atoms with E-state index in [4.69, 9.17) is 9.15 Å². The molecule has 1 atom stereocenters. The fraction of sp³-hybridized carbons (Fsp3) is 0.250. The number of furan rings is 1. The molecule has 0 spiro atoms. The van der Waals surface area contributed by atoms with Crippen molar-refractivity contribution >= 4 is 48.8 Å². The summed E-state index contributed by atoms with van der Waals surface area (Å²) in [5.74, 6) is 0.511. The molecule has 4 nitrogen and oxygen atoms in total. The summed E-state index contributed by atoms with van der Waals surface area (Å²) in [7, 11) is 0. The first-order valence-corrected chi connectivity index (χ1v) is 13.0. The van der Waals surface area contributed by atoms with Crippen LogP contribution in [-0.2, 0) is 24.1 Å². The van der Waals surface area contributed by atoms with E-state index >= 15 is 0 Å². The monoisotopic (exact) mass is 584 g/mol. The Kier molecular flexibility index (Phi) is 8.11. The highest BCUT2D eigenvalue weighted by Crippen LogP contribution is 2.38. The van der Waals surface area contributed by atoms with E-state index in [1.54, 1.807) is 0 Å². The first-order valence-electron chi connectivity index (χ1n) is 11.4. The van der Waals surface area contributed by atoms with Gasteiger partial charge in [0.05, 0.1) is 8.95 Å². The number of carboxylic acid groups (broad SMARTS) is 1. The summed E-state index contributed by atoms with van der Waals surface area (Å²) in [6.45, 7) is 2.18. The Morgan fingerprint density at radius 3 is 2.35 bits per heavy atom. The van der Waals surface area contributed by atoms with Crippen molar-refractivity contribution in [2.45, 2.75) is 45.1 Å². The number of halogens is 2. The lowest BCUT2D eigenvalue weighted by atomic mass is 9.99. The van der Waals surface area contributed by atoms with Crippen LogP contribution in [0.15, 0.2) is 80.1 Å². The predicted molar refractivity (Wildman–Crippen MR) is 142 cm³/mol. The van der Waals surface area contributed by atoms with Gasteiger partial charge in [0.2, 0.25) is 0 Å². The SMILES string of the molecule is CCCCc1oc2ccccc2c1Cc1cc(Br)c(O[C@H](Cc2ccccc2)C(=O)O)c(Br)c1. The van der Waals surface area contributed by atoms with Crippen LogP contribution in [0.25, 0.3) is 11.0 Å². The van der Waals surface area contributed by atoms with Crippen molar-refractivity contribution in [1.29, 1.82) is 0 Å². The highest BCUT2D eigenvalue weighted by molar-refractivity contribution is 9.11. The second-order valence-corrected chi connectivity index (χ2v) is 10.0. The molecular formula is C28H26Br2O4. The molecule has 0 saturated heterocycles. The molecule has 0 radical (unpaired) electrons. The van der Waals surface area contributed by atoms with E-state index in [1.165, 1.54) is 5.56 Å². The number of rotatable bonds is 10. The number of unbranched alkanes of at least 4 members (excludes halogenated alkanes) is 1. The molecule has 0 aliphatic heterocycles. The topological polar surface area (TPSA) is 59.7 Å². The van der Waals surface area contributed by atoms with Gasteiger partial charge < -0.3 is 14.3 Å². The average molecular weight is 586 g/mol. The summed E-state index contributed by atoms with van der Waals surface area (Å²) in [6, 6.07) is 21.6. The lowest BCUT2D eigenvalue weighted by Crippen LogP contribution is -2.29. The molecule has 1 aromatic heterocycles. The van der Waals surface area contributed by atoms with E-state index in [-0.39, 0.29) is 6.42 Å². The van der Waals surface area contributed by atoms with E-state index in [0.717, 1.165) is 47.1 Å². The lowest BCUT2D eigenvalue weighted by Gasteiger charge is -2.18. The minimum Gasteiger partial charge on any atom is -0.478 e. The minimum atomic E-state index is -1.00. The summed E-state index contributed by atoms with van der Waals surface area (Å²) < 4.78 is 13.6. The van der Waals surface area contributed by atoms with E-state index in [9.17, 15) is 9.90 Å². The summed E-state index contributed by atoms with van der Waals surface area (Å²) in [5.41, 5.74) is 4.09. The number of aliphatic carboxylic acids is 1. The lowest BCUT2D eigenvalue weighted by molar-refractivity contribution is -0.145. The molecule has 0 unspecified atom stereocenters. The molecule has 34 heavy (non-hydrogen) atoms. The van der Waals surface area contributed by atoms with Gasteiger partial charge in [-0.05, 0) is 67.6 Å². The first-order chi connectivity index (χ1) is 16.5. The fourth-order valence-electron chi connectivity index (χ4n) is 4.06. The van der Waals surface area contributed by atoms with E-state index < -0.39 is 12.1 Å². The third-order valence-corrected chi connectivity index (χ3v) is 6.96. The number of carboxylic acids is 1. The van der Waals surface area contributed by atoms with Gasteiger partial charge in [-0.1, -0.05) is 61.9 Å². The van der Waals surface area contributed by atoms with E-state index in [1.807, 2.05) is 60.7 Å². The Labute approximate surface area is 216 Å². The maximum absolute atomic E-state index is 11.9. The maximum atomic E-state index is 11.9. The summed E-state index contributed by atoms with van der Waals surface area (Å²) in [6.07, 6.45) is 3.07. The zero-order valence-electron chi connectivity index (χ0n) is 18.9. The van der Waals surface area contributed by atoms with Gasteiger partial charge in [-0.25, -0.2) is 4.79 Å². The van der Waals surface area contributed by atoms with Crippen LogP contribution in [-0.4, -0.2) is 17.2 Å². The third kappa shape index (κ3) is 5.73. The minimum absolute atomic E-state index is 0.276. The quantitative estimate of drug-likeness (QED) is 0.205. The van der Waals surface area contributed by atoms with E-state index in [2.05, 4.69) is 44.8 Å². The molecule has 0 saturated carbocycles. The van der Waals surface area contributed by atoms with Gasteiger partial charge in [0.25, 0.3) is 0 Å². The van der Waals surface area contributed by atoms with Gasteiger partial charge in [0.15, 0.2) is 6.10 Å². The Morgan fingerprint density at radius 2 is 1.68 bits per heavy atom. The number of fused-ring (bicyclic) bond motifs is 1. The summed E-state index contributed by atoms with van der Waals surface area (Å²) in [5, 5.41) is 10.9. The van der Waals surface area contributed by atoms with Crippen LogP contribution in [0.4, 0.5) is 0 Å². The van der Waals surface area contributed by atoms with Crippen LogP contribution >= 0.6 is 31.9 Å². The van der Waals surface area contributed by atoms with Gasteiger partial charge in [-0.15, -0.1) is 0 Å². The predicted octanol–water partition coefficient (Wildman–Crippen LogP) is 7.97. The molecule has 1 N–H and O–H groups in total. The van der Waals surface area contributed by atoms with Crippen molar-refractivity contribution in [3.8, 4) is 5.75 Å². The van der Waals surface area contributed by atoms with Crippen LogP contribution in [0.5, 0.6) is 5.75 Å². The number of hydrogen-bond donors (Lipinski definition) is 1. The van der Waals surface area contributed by atoms with Crippen molar-refractivity contribution in [3.05, 3.63) is 98.1 Å². The van der Waals surface area contributed by atoms with Crippen LogP contribution in [0.1, 0.15) is 42.2 Å². The van der Waals surface area contributed by atoms with Crippen LogP contribution < -0.4 is 4.74 Å². The molecule has 4 aromatic rings. The molecule has 0 fully saturated rings. The highest BCUT2D eigenvalue weighted by Gasteiger charge is 2.23. The molecule has 3 aromatic carbocycles. The largest absolute Gasteiger partial charge is 0.478 e. The van der Waals surface area contributed by atoms with Gasteiger partial charge in [0.1, 0.15) is 17.1 Å². The molecule has 4 rings (SSSR count). The molecule has 1 heterocycles. The zero-order valence-corrected chi connectivity index (χ0v) is 22.1. The fourth-order valence-corrected chi connectivity index (χ4v) is 5.53. The van der Waals surface area contributed by atoms with Gasteiger partial charge in [-0.2, -0.15) is 0 Å². The second-order valence-electron chi connectivity index (χ2n) is 8.30. The molecule has 6 heteroatoms. The molecule has 0 aliphatic carbocycles. The summed E-state index contributed by atoms with van der Waals surface area (Å²) in [4.78, 5) is 11.9. The second kappa shape index (κ2) is 11.2. The normalized spacial score (nSPS) is 12.1. The molecule has 0 bridgehead atoms. The van der Waals surface area contributed by atoms with Gasteiger partial charge in [0, 0.05) is 30.2 Å². The Morgan fingerprint density at radius 1 is 1.00 bits per heavy atom. The Balaban J connectivity index is 1.60. The number of benzene rings is 3. The number of aryl methyl sites for hydroxylation is 1. The maximum Gasteiger partial charge on any atom is 0.345 e. The summed E-state index contributed by atoms with van der Waals surface area (Å²) >= 11 is 7.21. The van der Waals surface area contributed by atoms with Crippen molar-refractivity contribution < 1.29 is 19.1 Å². The zero-order chi connectivity index (χ0) is 24.1. The molecule has 176 valence electrons. The number of para-hydroxylation sites is 1. The van der Waals surface area contributed by atoms with Crippen molar-refractivity contribution in [2.75, 3.05) is 0 Å². The highest BCUT2D eigenvalue weighted by atomic mass is 79.9. The average Bonchev–Trinajstić information content (AvgIpc) is 3.17. The van der Waals surface area contributed by atoms with Crippen LogP contribution in [0, 0.1) is 0 Å². The third-order valence-electron chi connectivity index (χ3n) is 5.78. The van der Waals surface area contributed by atoms with E-state index in [0.29, 0.717) is 21.1 Å². The molecule has 0 aliphatic rings. The van der Waals surface area contributed by atoms with Crippen molar-refractivity contribution in [1.82, 2.24) is 0 Å². The van der Waals surface area contributed by atoms with Crippen LogP contribution in [0.2, 0.25) is 0 Å².